The highest BCUT2D eigenvalue weighted by Crippen LogP contribution is 2.23. The highest BCUT2D eigenvalue weighted by molar-refractivity contribution is 5.97. The molecule has 1 aliphatic heterocycles. The zero-order chi connectivity index (χ0) is 15.6. The summed E-state index contributed by atoms with van der Waals surface area (Å²) >= 11 is 0. The Hall–Kier alpha value is -2.08. The van der Waals surface area contributed by atoms with Crippen LogP contribution in [0.15, 0.2) is 18.2 Å². The highest BCUT2D eigenvalue weighted by Gasteiger charge is 2.28. The Balaban J connectivity index is 2.04. The summed E-state index contributed by atoms with van der Waals surface area (Å²) in [5.74, 6) is -1.05. The number of hydrogen-bond acceptors (Lipinski definition) is 4. The van der Waals surface area contributed by atoms with E-state index in [2.05, 4.69) is 0 Å². The second-order valence-corrected chi connectivity index (χ2v) is 5.31. The molecule has 21 heavy (non-hydrogen) atoms. The maximum atomic E-state index is 12.4. The van der Waals surface area contributed by atoms with Gasteiger partial charge in [0.05, 0.1) is 5.56 Å². The van der Waals surface area contributed by atoms with Crippen molar-refractivity contribution in [2.45, 2.75) is 19.9 Å². The summed E-state index contributed by atoms with van der Waals surface area (Å²) in [6, 6.07) is 4.55. The number of carbonyl (C=O) groups excluding carboxylic acids is 1. The van der Waals surface area contributed by atoms with Gasteiger partial charge in [-0.15, -0.1) is 0 Å². The summed E-state index contributed by atoms with van der Waals surface area (Å²) in [6.45, 7) is 5.36. The van der Waals surface area contributed by atoms with Gasteiger partial charge < -0.3 is 15.1 Å². The van der Waals surface area contributed by atoms with Crippen molar-refractivity contribution >= 4 is 11.9 Å². The van der Waals surface area contributed by atoms with Crippen LogP contribution >= 0.6 is 0 Å². The van der Waals surface area contributed by atoms with Crippen molar-refractivity contribution in [2.75, 3.05) is 26.2 Å². The molecule has 1 aromatic rings. The van der Waals surface area contributed by atoms with Crippen molar-refractivity contribution in [1.29, 1.82) is 0 Å². The van der Waals surface area contributed by atoms with Crippen LogP contribution in [0.5, 0.6) is 5.75 Å². The Morgan fingerprint density at radius 2 is 1.81 bits per heavy atom. The molecule has 0 aromatic heterocycles. The number of carboxylic acid groups (broad SMARTS) is 1. The van der Waals surface area contributed by atoms with Gasteiger partial charge in [-0.2, -0.15) is 0 Å². The third-order valence-electron chi connectivity index (χ3n) is 3.97. The Labute approximate surface area is 123 Å². The molecule has 2 rings (SSSR count). The van der Waals surface area contributed by atoms with Gasteiger partial charge in [-0.1, -0.05) is 12.1 Å². The standard InChI is InChI=1S/C15H20N2O4/c1-10-4-3-5-12(13(10)18)14(19)17-8-6-16(7-9-17)11(2)15(20)21/h3-5,11,18H,6-9H2,1-2H3,(H,20,21). The van der Waals surface area contributed by atoms with Crippen molar-refractivity contribution in [3.8, 4) is 5.75 Å². The van der Waals surface area contributed by atoms with E-state index in [1.54, 1.807) is 36.9 Å². The number of piperazine rings is 1. The molecule has 0 aliphatic carbocycles. The number of aryl methyl sites for hydroxylation is 1. The summed E-state index contributed by atoms with van der Waals surface area (Å²) < 4.78 is 0. The first-order valence-electron chi connectivity index (χ1n) is 6.96. The lowest BCUT2D eigenvalue weighted by atomic mass is 10.1. The molecule has 1 fully saturated rings. The number of carboxylic acids is 1. The lowest BCUT2D eigenvalue weighted by molar-refractivity contribution is -0.143. The van der Waals surface area contributed by atoms with Crippen LogP contribution in [0.4, 0.5) is 0 Å². The van der Waals surface area contributed by atoms with E-state index in [0.29, 0.717) is 37.3 Å². The van der Waals surface area contributed by atoms with E-state index in [9.17, 15) is 14.7 Å². The van der Waals surface area contributed by atoms with Crippen LogP contribution in [0.25, 0.3) is 0 Å². The van der Waals surface area contributed by atoms with Gasteiger partial charge in [0.15, 0.2) is 0 Å². The van der Waals surface area contributed by atoms with Gasteiger partial charge in [-0.05, 0) is 25.5 Å². The first-order valence-corrected chi connectivity index (χ1v) is 6.96. The molecule has 1 aliphatic rings. The zero-order valence-corrected chi connectivity index (χ0v) is 12.2. The third-order valence-corrected chi connectivity index (χ3v) is 3.97. The number of amides is 1. The highest BCUT2D eigenvalue weighted by atomic mass is 16.4. The molecule has 1 atom stereocenters. The summed E-state index contributed by atoms with van der Waals surface area (Å²) in [7, 11) is 0. The van der Waals surface area contributed by atoms with Gasteiger partial charge in [0.1, 0.15) is 11.8 Å². The molecule has 1 saturated heterocycles. The average Bonchev–Trinajstić information content (AvgIpc) is 2.48. The van der Waals surface area contributed by atoms with Crippen LogP contribution < -0.4 is 0 Å². The number of benzene rings is 1. The fraction of sp³-hybridized carbons (Fsp3) is 0.467. The Morgan fingerprint density at radius 1 is 1.19 bits per heavy atom. The largest absolute Gasteiger partial charge is 0.507 e. The number of para-hydroxylation sites is 1. The SMILES string of the molecule is Cc1cccc(C(=O)N2CCN(C(C)C(=O)O)CC2)c1O. The molecule has 0 radical (unpaired) electrons. The molecule has 1 heterocycles. The predicted molar refractivity (Wildman–Crippen MR) is 77.4 cm³/mol. The molecule has 0 spiro atoms. The van der Waals surface area contributed by atoms with Crippen molar-refractivity contribution in [2.24, 2.45) is 0 Å². The molecule has 6 heteroatoms. The number of hydrogen-bond donors (Lipinski definition) is 2. The van der Waals surface area contributed by atoms with Crippen LogP contribution in [-0.2, 0) is 4.79 Å². The number of aliphatic carboxylic acids is 1. The average molecular weight is 292 g/mol. The number of rotatable bonds is 3. The van der Waals surface area contributed by atoms with Gasteiger partial charge in [0.25, 0.3) is 5.91 Å². The first kappa shape index (κ1) is 15.3. The summed E-state index contributed by atoms with van der Waals surface area (Å²) in [6.07, 6.45) is 0. The molecule has 1 amide bonds. The topological polar surface area (TPSA) is 81.1 Å². The molecule has 1 aromatic carbocycles. The van der Waals surface area contributed by atoms with Crippen molar-refractivity contribution in [3.63, 3.8) is 0 Å². The van der Waals surface area contributed by atoms with E-state index >= 15 is 0 Å². The quantitative estimate of drug-likeness (QED) is 0.866. The van der Waals surface area contributed by atoms with Crippen molar-refractivity contribution in [1.82, 2.24) is 9.80 Å². The number of phenols is 1. The minimum Gasteiger partial charge on any atom is -0.507 e. The molecule has 0 bridgehead atoms. The third kappa shape index (κ3) is 3.16. The summed E-state index contributed by atoms with van der Waals surface area (Å²) in [5, 5.41) is 19.0. The van der Waals surface area contributed by atoms with Gasteiger partial charge in [-0.3, -0.25) is 14.5 Å². The molecular weight excluding hydrogens is 272 g/mol. The number of aromatic hydroxyl groups is 1. The molecular formula is C15H20N2O4. The van der Waals surface area contributed by atoms with E-state index in [1.807, 2.05) is 4.90 Å². The van der Waals surface area contributed by atoms with E-state index in [-0.39, 0.29) is 11.7 Å². The van der Waals surface area contributed by atoms with Gasteiger partial charge in [-0.25, -0.2) is 0 Å². The molecule has 0 saturated carbocycles. The number of phenolic OH excluding ortho intramolecular Hbond substituents is 1. The zero-order valence-electron chi connectivity index (χ0n) is 12.2. The lowest BCUT2D eigenvalue weighted by Crippen LogP contribution is -2.53. The van der Waals surface area contributed by atoms with Crippen molar-refractivity contribution in [3.05, 3.63) is 29.3 Å². The first-order chi connectivity index (χ1) is 9.91. The summed E-state index contributed by atoms with van der Waals surface area (Å²) in [5.41, 5.74) is 0.966. The molecule has 1 unspecified atom stereocenters. The minimum atomic E-state index is -0.855. The van der Waals surface area contributed by atoms with E-state index < -0.39 is 12.0 Å². The van der Waals surface area contributed by atoms with Crippen LogP contribution in [0.3, 0.4) is 0 Å². The molecule has 114 valence electrons. The predicted octanol–water partition coefficient (Wildman–Crippen LogP) is 0.932. The van der Waals surface area contributed by atoms with Gasteiger partial charge in [0, 0.05) is 26.2 Å². The van der Waals surface area contributed by atoms with E-state index in [4.69, 9.17) is 5.11 Å². The van der Waals surface area contributed by atoms with Crippen molar-refractivity contribution < 1.29 is 19.8 Å². The fourth-order valence-electron chi connectivity index (χ4n) is 2.47. The maximum Gasteiger partial charge on any atom is 0.320 e. The molecule has 2 N–H and O–H groups in total. The fourth-order valence-corrected chi connectivity index (χ4v) is 2.47. The second kappa shape index (κ2) is 6.13. The Bertz CT molecular complexity index is 551. The van der Waals surface area contributed by atoms with Crippen LogP contribution in [-0.4, -0.2) is 64.1 Å². The van der Waals surface area contributed by atoms with Crippen LogP contribution in [0.1, 0.15) is 22.8 Å². The normalized spacial score (nSPS) is 17.5. The minimum absolute atomic E-state index is 0.0174. The monoisotopic (exact) mass is 292 g/mol. The smallest absolute Gasteiger partial charge is 0.320 e. The van der Waals surface area contributed by atoms with Crippen LogP contribution in [0, 0.1) is 6.92 Å². The molecule has 6 nitrogen and oxygen atoms in total. The van der Waals surface area contributed by atoms with Gasteiger partial charge in [0.2, 0.25) is 0 Å². The number of nitrogens with zero attached hydrogens (tertiary/aromatic N) is 2. The summed E-state index contributed by atoms with van der Waals surface area (Å²) in [4.78, 5) is 26.9. The van der Waals surface area contributed by atoms with E-state index in [1.165, 1.54) is 0 Å². The van der Waals surface area contributed by atoms with Gasteiger partial charge >= 0.3 is 5.97 Å². The van der Waals surface area contributed by atoms with Crippen LogP contribution in [0.2, 0.25) is 0 Å². The Morgan fingerprint density at radius 3 is 2.38 bits per heavy atom. The maximum absolute atomic E-state index is 12.4. The number of carbonyl (C=O) groups is 2. The van der Waals surface area contributed by atoms with E-state index in [0.717, 1.165) is 0 Å². The lowest BCUT2D eigenvalue weighted by Gasteiger charge is -2.36. The Kier molecular flexibility index (Phi) is 4.47. The second-order valence-electron chi connectivity index (χ2n) is 5.31.